The number of hydrogen-bond donors (Lipinski definition) is 1. The summed E-state index contributed by atoms with van der Waals surface area (Å²) in [5, 5.41) is 3.09. The molecule has 1 aliphatic heterocycles. The van der Waals surface area contributed by atoms with Gasteiger partial charge < -0.3 is 14.5 Å². The zero-order chi connectivity index (χ0) is 18.9. The van der Waals surface area contributed by atoms with Crippen molar-refractivity contribution in [3.8, 4) is 0 Å². The van der Waals surface area contributed by atoms with E-state index in [9.17, 15) is 13.2 Å². The highest BCUT2D eigenvalue weighted by Gasteiger charge is 2.30. The van der Waals surface area contributed by atoms with E-state index >= 15 is 0 Å². The van der Waals surface area contributed by atoms with E-state index in [0.29, 0.717) is 18.6 Å². The van der Waals surface area contributed by atoms with Crippen LogP contribution < -0.4 is 5.32 Å². The molecule has 140 valence electrons. The first kappa shape index (κ1) is 17.7. The molecule has 8 heteroatoms. The molecule has 1 N–H and O–H groups in total. The number of sulfone groups is 1. The van der Waals surface area contributed by atoms with E-state index in [1.807, 2.05) is 0 Å². The summed E-state index contributed by atoms with van der Waals surface area (Å²) in [6, 6.07) is 9.97. The van der Waals surface area contributed by atoms with Gasteiger partial charge >= 0.3 is 0 Å². The van der Waals surface area contributed by atoms with E-state index in [1.165, 1.54) is 0 Å². The molecule has 1 unspecified atom stereocenters. The number of fused-ring (bicyclic) bond motifs is 1. The number of carbonyl (C=O) groups is 1. The van der Waals surface area contributed by atoms with Crippen molar-refractivity contribution < 1.29 is 22.4 Å². The average molecular weight is 386 g/mol. The lowest BCUT2D eigenvalue weighted by atomic mass is 10.2. The normalized spacial score (nSPS) is 17.3. The lowest BCUT2D eigenvalue weighted by Crippen LogP contribution is -2.23. The number of pyridine rings is 1. The Morgan fingerprint density at radius 3 is 2.74 bits per heavy atom. The highest BCUT2D eigenvalue weighted by Crippen LogP contribution is 2.23. The molecular weight excluding hydrogens is 368 g/mol. The molecule has 3 aromatic rings. The Morgan fingerprint density at radius 1 is 1.22 bits per heavy atom. The number of ether oxygens (including phenoxy) is 1. The Balaban J connectivity index is 1.42. The lowest BCUT2D eigenvalue weighted by Gasteiger charge is -2.10. The third kappa shape index (κ3) is 3.58. The van der Waals surface area contributed by atoms with E-state index in [4.69, 9.17) is 9.15 Å². The van der Waals surface area contributed by atoms with Crippen LogP contribution in [0.5, 0.6) is 0 Å². The van der Waals surface area contributed by atoms with E-state index < -0.39 is 15.1 Å². The molecule has 0 saturated carbocycles. The van der Waals surface area contributed by atoms with Crippen LogP contribution in [-0.2, 0) is 21.1 Å². The second-order valence-corrected chi connectivity index (χ2v) is 8.61. The van der Waals surface area contributed by atoms with Gasteiger partial charge in [0.05, 0.1) is 22.9 Å². The van der Waals surface area contributed by atoms with Crippen LogP contribution in [-0.4, -0.2) is 37.8 Å². The van der Waals surface area contributed by atoms with E-state index in [0.717, 1.165) is 10.9 Å². The SMILES string of the molecule is O=C(NCc1ccc(S(=O)(=O)C2CCOC2)cc1)c1cc2ccncc2o1. The Morgan fingerprint density at radius 2 is 2.04 bits per heavy atom. The first-order valence-electron chi connectivity index (χ1n) is 8.56. The van der Waals surface area contributed by atoms with E-state index in [2.05, 4.69) is 10.3 Å². The molecule has 3 heterocycles. The number of aromatic nitrogens is 1. The molecule has 0 bridgehead atoms. The second-order valence-electron chi connectivity index (χ2n) is 6.38. The topological polar surface area (TPSA) is 98.5 Å². The Hall–Kier alpha value is -2.71. The standard InChI is InChI=1S/C19H18N2O5S/c22-19(17-9-14-5-7-20-11-18(14)26-17)21-10-13-1-3-15(4-2-13)27(23,24)16-6-8-25-12-16/h1-5,7,9,11,16H,6,8,10,12H2,(H,21,22). The maximum absolute atomic E-state index is 12.5. The highest BCUT2D eigenvalue weighted by molar-refractivity contribution is 7.92. The molecule has 2 aromatic heterocycles. The maximum atomic E-state index is 12.5. The zero-order valence-corrected chi connectivity index (χ0v) is 15.2. The average Bonchev–Trinajstić information content (AvgIpc) is 3.36. The molecule has 0 spiro atoms. The molecule has 1 atom stereocenters. The fourth-order valence-corrected chi connectivity index (χ4v) is 4.60. The smallest absolute Gasteiger partial charge is 0.287 e. The minimum atomic E-state index is -3.38. The van der Waals surface area contributed by atoms with Gasteiger partial charge in [0, 0.05) is 24.7 Å². The lowest BCUT2D eigenvalue weighted by molar-refractivity contribution is 0.0925. The van der Waals surface area contributed by atoms with Crippen molar-refractivity contribution in [3.63, 3.8) is 0 Å². The summed E-state index contributed by atoms with van der Waals surface area (Å²) in [5.74, 6) is -0.135. The molecule has 27 heavy (non-hydrogen) atoms. The van der Waals surface area contributed by atoms with Gasteiger partial charge in [-0.1, -0.05) is 12.1 Å². The molecule has 0 aliphatic carbocycles. The van der Waals surface area contributed by atoms with Crippen LogP contribution in [0.3, 0.4) is 0 Å². The van der Waals surface area contributed by atoms with Gasteiger partial charge in [-0.2, -0.15) is 0 Å². The van der Waals surface area contributed by atoms with Gasteiger partial charge in [0.25, 0.3) is 5.91 Å². The van der Waals surface area contributed by atoms with Gasteiger partial charge in [0.15, 0.2) is 21.2 Å². The zero-order valence-electron chi connectivity index (χ0n) is 14.4. The van der Waals surface area contributed by atoms with Crippen molar-refractivity contribution >= 4 is 26.7 Å². The van der Waals surface area contributed by atoms with Gasteiger partial charge in [-0.25, -0.2) is 8.42 Å². The third-order valence-corrected chi connectivity index (χ3v) is 6.76. The molecule has 1 saturated heterocycles. The largest absolute Gasteiger partial charge is 0.449 e. The van der Waals surface area contributed by atoms with E-state index in [-0.39, 0.29) is 29.7 Å². The number of furan rings is 1. The van der Waals surface area contributed by atoms with Crippen molar-refractivity contribution in [1.82, 2.24) is 10.3 Å². The van der Waals surface area contributed by atoms with Gasteiger partial charge in [-0.3, -0.25) is 9.78 Å². The molecule has 7 nitrogen and oxygen atoms in total. The predicted molar refractivity (Wildman–Crippen MR) is 98.0 cm³/mol. The van der Waals surface area contributed by atoms with E-state index in [1.54, 1.807) is 48.8 Å². The summed E-state index contributed by atoms with van der Waals surface area (Å²) in [6.07, 6.45) is 3.71. The van der Waals surface area contributed by atoms with Crippen LogP contribution in [0.4, 0.5) is 0 Å². The summed E-state index contributed by atoms with van der Waals surface area (Å²) in [4.78, 5) is 16.5. The van der Waals surface area contributed by atoms with Crippen LogP contribution >= 0.6 is 0 Å². The van der Waals surface area contributed by atoms with Crippen LogP contribution in [0, 0.1) is 0 Å². The maximum Gasteiger partial charge on any atom is 0.287 e. The van der Waals surface area contributed by atoms with Gasteiger partial charge in [-0.15, -0.1) is 0 Å². The Labute approximate surface area is 156 Å². The number of hydrogen-bond acceptors (Lipinski definition) is 6. The fraction of sp³-hybridized carbons (Fsp3) is 0.263. The van der Waals surface area contributed by atoms with Gasteiger partial charge in [-0.05, 0) is 36.2 Å². The molecule has 4 rings (SSSR count). The number of benzene rings is 1. The number of amides is 1. The Bertz CT molecular complexity index is 1030. The number of nitrogens with one attached hydrogen (secondary N) is 1. The van der Waals surface area contributed by atoms with Crippen molar-refractivity contribution in [3.05, 3.63) is 60.1 Å². The van der Waals surface area contributed by atoms with Crippen LogP contribution in [0.15, 0.2) is 58.1 Å². The number of nitrogens with zero attached hydrogens (tertiary/aromatic N) is 1. The Kier molecular flexibility index (Phi) is 4.67. The minimum absolute atomic E-state index is 0.207. The van der Waals surface area contributed by atoms with Crippen LogP contribution in [0.2, 0.25) is 0 Å². The summed E-state index contributed by atoms with van der Waals surface area (Å²) < 4.78 is 35.7. The predicted octanol–water partition coefficient (Wildman–Crippen LogP) is 2.32. The third-order valence-electron chi connectivity index (χ3n) is 4.58. The quantitative estimate of drug-likeness (QED) is 0.723. The van der Waals surface area contributed by atoms with Crippen LogP contribution in [0.25, 0.3) is 11.0 Å². The number of rotatable bonds is 5. The van der Waals surface area contributed by atoms with Crippen molar-refractivity contribution in [1.29, 1.82) is 0 Å². The summed E-state index contributed by atoms with van der Waals surface area (Å²) in [6.45, 7) is 0.986. The second kappa shape index (κ2) is 7.13. The molecule has 1 aliphatic rings. The first-order valence-corrected chi connectivity index (χ1v) is 10.1. The van der Waals surface area contributed by atoms with Crippen molar-refractivity contribution in [2.24, 2.45) is 0 Å². The van der Waals surface area contributed by atoms with Crippen LogP contribution in [0.1, 0.15) is 22.5 Å². The monoisotopic (exact) mass is 386 g/mol. The molecular formula is C19H18N2O5S. The molecule has 0 radical (unpaired) electrons. The van der Waals surface area contributed by atoms with Gasteiger partial charge in [0.1, 0.15) is 0 Å². The molecule has 1 aromatic carbocycles. The summed E-state index contributed by atoms with van der Waals surface area (Å²) in [5.41, 5.74) is 1.34. The fourth-order valence-electron chi connectivity index (χ4n) is 3.01. The van der Waals surface area contributed by atoms with Crippen molar-refractivity contribution in [2.45, 2.75) is 23.1 Å². The van der Waals surface area contributed by atoms with Crippen molar-refractivity contribution in [2.75, 3.05) is 13.2 Å². The first-order chi connectivity index (χ1) is 13.0. The number of carbonyl (C=O) groups excluding carboxylic acids is 1. The molecule has 1 amide bonds. The summed E-state index contributed by atoms with van der Waals surface area (Å²) in [7, 11) is -3.38. The highest BCUT2D eigenvalue weighted by atomic mass is 32.2. The minimum Gasteiger partial charge on any atom is -0.449 e. The summed E-state index contributed by atoms with van der Waals surface area (Å²) >= 11 is 0. The van der Waals surface area contributed by atoms with Gasteiger partial charge in [0.2, 0.25) is 0 Å². The molecule has 1 fully saturated rings.